The van der Waals surface area contributed by atoms with Gasteiger partial charge in [-0.05, 0) is 32.6 Å². The third kappa shape index (κ3) is 2.78. The van der Waals surface area contributed by atoms with Crippen molar-refractivity contribution in [2.24, 2.45) is 5.92 Å². The van der Waals surface area contributed by atoms with Crippen LogP contribution in [0, 0.1) is 12.8 Å². The van der Waals surface area contributed by atoms with E-state index in [1.54, 1.807) is 6.92 Å². The average molecular weight is 209 g/mol. The lowest BCUT2D eigenvalue weighted by molar-refractivity contribution is -0.122. The molecule has 1 amide bonds. The van der Waals surface area contributed by atoms with Crippen molar-refractivity contribution in [3.63, 3.8) is 0 Å². The monoisotopic (exact) mass is 209 g/mol. The van der Waals surface area contributed by atoms with Gasteiger partial charge in [-0.1, -0.05) is 5.16 Å². The van der Waals surface area contributed by atoms with Crippen LogP contribution in [0.3, 0.4) is 0 Å². The van der Waals surface area contributed by atoms with Gasteiger partial charge >= 0.3 is 0 Å². The molecule has 1 saturated carbocycles. The van der Waals surface area contributed by atoms with Gasteiger partial charge < -0.3 is 9.84 Å². The third-order valence-electron chi connectivity index (χ3n) is 2.46. The van der Waals surface area contributed by atoms with Crippen molar-refractivity contribution in [1.82, 2.24) is 15.5 Å². The lowest BCUT2D eigenvalue weighted by Crippen LogP contribution is -2.26. The summed E-state index contributed by atoms with van der Waals surface area (Å²) in [6.45, 7) is 3.60. The predicted molar refractivity (Wildman–Crippen MR) is 52.9 cm³/mol. The summed E-state index contributed by atoms with van der Waals surface area (Å²) in [6.07, 6.45) is 2.99. The standard InChI is InChI=1S/C10H15N3O2/c1-6(10-12-7(2)13-15-10)11-9(14)5-8-3-4-8/h6,8H,3-5H2,1-2H3,(H,11,14). The molecule has 0 aliphatic heterocycles. The van der Waals surface area contributed by atoms with E-state index in [1.807, 2.05) is 6.92 Å². The number of aromatic nitrogens is 2. The predicted octanol–water partition coefficient (Wildman–Crippen LogP) is 1.36. The minimum absolute atomic E-state index is 0.0702. The van der Waals surface area contributed by atoms with Crippen molar-refractivity contribution < 1.29 is 9.32 Å². The number of rotatable bonds is 4. The van der Waals surface area contributed by atoms with Crippen molar-refractivity contribution in [1.29, 1.82) is 0 Å². The molecule has 15 heavy (non-hydrogen) atoms. The van der Waals surface area contributed by atoms with Crippen LogP contribution in [0.25, 0.3) is 0 Å². The molecule has 5 heteroatoms. The molecule has 2 rings (SSSR count). The SMILES string of the molecule is Cc1noc(C(C)NC(=O)CC2CC2)n1. The molecule has 1 aromatic heterocycles. The molecule has 1 aliphatic carbocycles. The Hall–Kier alpha value is -1.39. The first-order valence-corrected chi connectivity index (χ1v) is 5.24. The second-order valence-electron chi connectivity index (χ2n) is 4.12. The number of carbonyl (C=O) groups excluding carboxylic acids is 1. The zero-order valence-corrected chi connectivity index (χ0v) is 8.99. The Morgan fingerprint density at radius 2 is 2.40 bits per heavy atom. The van der Waals surface area contributed by atoms with Crippen LogP contribution in [0.5, 0.6) is 0 Å². The summed E-state index contributed by atoms with van der Waals surface area (Å²) in [5, 5.41) is 6.53. The average Bonchev–Trinajstić information content (AvgIpc) is 2.85. The molecule has 1 aliphatic rings. The van der Waals surface area contributed by atoms with Gasteiger partial charge in [-0.3, -0.25) is 4.79 Å². The summed E-state index contributed by atoms with van der Waals surface area (Å²) in [5.74, 6) is 1.73. The zero-order valence-electron chi connectivity index (χ0n) is 8.99. The molecule has 0 spiro atoms. The topological polar surface area (TPSA) is 68.0 Å². The van der Waals surface area contributed by atoms with Crippen LogP contribution in [-0.2, 0) is 4.79 Å². The summed E-state index contributed by atoms with van der Waals surface area (Å²) in [4.78, 5) is 15.5. The van der Waals surface area contributed by atoms with E-state index in [1.165, 1.54) is 12.8 Å². The summed E-state index contributed by atoms with van der Waals surface area (Å²) >= 11 is 0. The second-order valence-corrected chi connectivity index (χ2v) is 4.12. The van der Waals surface area contributed by atoms with Gasteiger partial charge in [0.15, 0.2) is 5.82 Å². The quantitative estimate of drug-likeness (QED) is 0.812. The molecule has 0 saturated heterocycles. The fraction of sp³-hybridized carbons (Fsp3) is 0.700. The molecule has 0 radical (unpaired) electrons. The number of amides is 1. The molecular formula is C10H15N3O2. The Morgan fingerprint density at radius 1 is 1.67 bits per heavy atom. The maximum atomic E-state index is 11.5. The van der Waals surface area contributed by atoms with Gasteiger partial charge in [0.1, 0.15) is 6.04 Å². The van der Waals surface area contributed by atoms with E-state index in [-0.39, 0.29) is 11.9 Å². The highest BCUT2D eigenvalue weighted by atomic mass is 16.5. The maximum absolute atomic E-state index is 11.5. The van der Waals surface area contributed by atoms with Gasteiger partial charge in [-0.2, -0.15) is 4.98 Å². The second kappa shape index (κ2) is 4.00. The van der Waals surface area contributed by atoms with E-state index in [0.29, 0.717) is 24.1 Å². The van der Waals surface area contributed by atoms with Gasteiger partial charge in [0.05, 0.1) is 0 Å². The normalized spacial score (nSPS) is 17.5. The van der Waals surface area contributed by atoms with Crippen LogP contribution < -0.4 is 5.32 Å². The van der Waals surface area contributed by atoms with Gasteiger partial charge in [-0.25, -0.2) is 0 Å². The highest BCUT2D eigenvalue weighted by Gasteiger charge is 2.25. The van der Waals surface area contributed by atoms with Crippen LogP contribution in [-0.4, -0.2) is 16.0 Å². The minimum Gasteiger partial charge on any atom is -0.345 e. The number of hydrogen-bond acceptors (Lipinski definition) is 4. The molecule has 1 unspecified atom stereocenters. The van der Waals surface area contributed by atoms with Crippen molar-refractivity contribution in [3.05, 3.63) is 11.7 Å². The highest BCUT2D eigenvalue weighted by Crippen LogP contribution is 2.32. The van der Waals surface area contributed by atoms with E-state index < -0.39 is 0 Å². The summed E-state index contributed by atoms with van der Waals surface area (Å²) in [5.41, 5.74) is 0. The Morgan fingerprint density at radius 3 is 2.93 bits per heavy atom. The van der Waals surface area contributed by atoms with Crippen molar-refractivity contribution in [3.8, 4) is 0 Å². The molecule has 82 valence electrons. The summed E-state index contributed by atoms with van der Waals surface area (Å²) in [6, 6.07) is -0.197. The van der Waals surface area contributed by atoms with Gasteiger partial charge in [0, 0.05) is 6.42 Å². The Labute approximate surface area is 88.2 Å². The van der Waals surface area contributed by atoms with E-state index in [9.17, 15) is 4.79 Å². The maximum Gasteiger partial charge on any atom is 0.248 e. The third-order valence-corrected chi connectivity index (χ3v) is 2.46. The molecule has 0 bridgehead atoms. The van der Waals surface area contributed by atoms with Crippen LogP contribution in [0.1, 0.15) is 43.9 Å². The van der Waals surface area contributed by atoms with Crippen LogP contribution in [0.15, 0.2) is 4.52 Å². The van der Waals surface area contributed by atoms with E-state index >= 15 is 0 Å². The number of carbonyl (C=O) groups is 1. The number of nitrogens with zero attached hydrogens (tertiary/aromatic N) is 2. The molecule has 1 aromatic rings. The molecule has 1 N–H and O–H groups in total. The zero-order chi connectivity index (χ0) is 10.8. The van der Waals surface area contributed by atoms with Crippen molar-refractivity contribution in [2.75, 3.05) is 0 Å². The Bertz CT molecular complexity index is 357. The summed E-state index contributed by atoms with van der Waals surface area (Å²) < 4.78 is 4.97. The first-order valence-electron chi connectivity index (χ1n) is 5.24. The van der Waals surface area contributed by atoms with E-state index in [2.05, 4.69) is 15.5 Å². The first kappa shape index (κ1) is 10.1. The molecule has 5 nitrogen and oxygen atoms in total. The first-order chi connectivity index (χ1) is 7.15. The van der Waals surface area contributed by atoms with E-state index in [4.69, 9.17) is 4.52 Å². The highest BCUT2D eigenvalue weighted by molar-refractivity contribution is 5.76. The minimum atomic E-state index is -0.197. The number of hydrogen-bond donors (Lipinski definition) is 1. The fourth-order valence-electron chi connectivity index (χ4n) is 1.44. The lowest BCUT2D eigenvalue weighted by atomic mass is 10.2. The van der Waals surface area contributed by atoms with Crippen LogP contribution in [0.2, 0.25) is 0 Å². The van der Waals surface area contributed by atoms with Crippen molar-refractivity contribution in [2.45, 2.75) is 39.2 Å². The van der Waals surface area contributed by atoms with Crippen molar-refractivity contribution >= 4 is 5.91 Å². The molecule has 1 atom stereocenters. The van der Waals surface area contributed by atoms with Gasteiger partial charge in [0.2, 0.25) is 11.8 Å². The van der Waals surface area contributed by atoms with Gasteiger partial charge in [0.25, 0.3) is 0 Å². The molecule has 0 aromatic carbocycles. The lowest BCUT2D eigenvalue weighted by Gasteiger charge is -2.08. The Kier molecular flexibility index (Phi) is 2.70. The molecule has 1 heterocycles. The summed E-state index contributed by atoms with van der Waals surface area (Å²) in [7, 11) is 0. The fourth-order valence-corrected chi connectivity index (χ4v) is 1.44. The Balaban J connectivity index is 1.85. The van der Waals surface area contributed by atoms with E-state index in [0.717, 1.165) is 0 Å². The van der Waals surface area contributed by atoms with Crippen LogP contribution in [0.4, 0.5) is 0 Å². The van der Waals surface area contributed by atoms with Crippen LogP contribution >= 0.6 is 0 Å². The largest absolute Gasteiger partial charge is 0.345 e. The number of aryl methyl sites for hydroxylation is 1. The van der Waals surface area contributed by atoms with Gasteiger partial charge in [-0.15, -0.1) is 0 Å². The smallest absolute Gasteiger partial charge is 0.248 e. The molecular weight excluding hydrogens is 194 g/mol. The number of nitrogens with one attached hydrogen (secondary N) is 1. The molecule has 1 fully saturated rings.